The summed E-state index contributed by atoms with van der Waals surface area (Å²) in [5.74, 6) is 0. The van der Waals surface area contributed by atoms with Gasteiger partial charge in [-0.05, 0) is 70.3 Å². The highest BCUT2D eigenvalue weighted by Crippen LogP contribution is 2.48. The van der Waals surface area contributed by atoms with Crippen LogP contribution in [-0.4, -0.2) is 4.57 Å². The maximum absolute atomic E-state index is 2.50. The molecule has 0 saturated heterocycles. The van der Waals surface area contributed by atoms with Crippen molar-refractivity contribution in [3.05, 3.63) is 194 Å². The Balaban J connectivity index is 1.22. The molecule has 3 heteroatoms. The SMILES string of the molecule is c1ccc(-n2c3ccccc3c3cccc(-c4cccc(N(c5cc6ccccc6c6ccccc56)c5cccc6c5sc5ccccc56)c4)c32)cc1. The molecule has 0 aliphatic carbocycles. The molecule has 2 aromatic heterocycles. The van der Waals surface area contributed by atoms with Crippen molar-refractivity contribution in [1.82, 2.24) is 4.57 Å². The molecular weight excluding hydrogens is 661 g/mol. The Bertz CT molecular complexity index is 3190. The van der Waals surface area contributed by atoms with Crippen molar-refractivity contribution in [1.29, 1.82) is 0 Å². The highest BCUT2D eigenvalue weighted by atomic mass is 32.1. The van der Waals surface area contributed by atoms with E-state index in [0.29, 0.717) is 0 Å². The zero-order chi connectivity index (χ0) is 34.9. The molecule has 11 rings (SSSR count). The number of hydrogen-bond acceptors (Lipinski definition) is 2. The second kappa shape index (κ2) is 11.9. The summed E-state index contributed by atoms with van der Waals surface area (Å²) in [6, 6.07) is 71.0. The smallest absolute Gasteiger partial charge is 0.0640 e. The van der Waals surface area contributed by atoms with E-state index in [1.165, 1.54) is 80.3 Å². The number of para-hydroxylation sites is 3. The Morgan fingerprint density at radius 3 is 1.96 bits per heavy atom. The van der Waals surface area contributed by atoms with E-state index < -0.39 is 0 Å². The first-order valence-electron chi connectivity index (χ1n) is 18.1. The zero-order valence-corrected chi connectivity index (χ0v) is 29.6. The van der Waals surface area contributed by atoms with E-state index >= 15 is 0 Å². The van der Waals surface area contributed by atoms with Gasteiger partial charge in [0.1, 0.15) is 0 Å². The predicted octanol–water partition coefficient (Wildman–Crippen LogP) is 14.6. The van der Waals surface area contributed by atoms with Crippen LogP contribution in [0.1, 0.15) is 0 Å². The average Bonchev–Trinajstić information content (AvgIpc) is 3.78. The van der Waals surface area contributed by atoms with E-state index in [9.17, 15) is 0 Å². The minimum Gasteiger partial charge on any atom is -0.309 e. The van der Waals surface area contributed by atoms with Gasteiger partial charge in [-0.15, -0.1) is 11.3 Å². The fraction of sp³-hybridized carbons (Fsp3) is 0. The first kappa shape index (κ1) is 30.0. The van der Waals surface area contributed by atoms with Gasteiger partial charge in [0.25, 0.3) is 0 Å². The number of nitrogens with zero attached hydrogens (tertiary/aromatic N) is 2. The van der Waals surface area contributed by atoms with Crippen LogP contribution < -0.4 is 4.90 Å². The molecule has 11 aromatic rings. The van der Waals surface area contributed by atoms with Crippen LogP contribution in [-0.2, 0) is 0 Å². The van der Waals surface area contributed by atoms with Gasteiger partial charge in [0, 0.05) is 48.6 Å². The topological polar surface area (TPSA) is 8.17 Å². The molecule has 248 valence electrons. The molecule has 2 heterocycles. The van der Waals surface area contributed by atoms with Crippen LogP contribution in [0.2, 0.25) is 0 Å². The summed E-state index contributed by atoms with van der Waals surface area (Å²) in [7, 11) is 0. The molecule has 0 fully saturated rings. The third-order valence-corrected chi connectivity index (χ3v) is 11.9. The van der Waals surface area contributed by atoms with E-state index in [4.69, 9.17) is 0 Å². The Labute approximate surface area is 311 Å². The Hall–Kier alpha value is -6.68. The minimum absolute atomic E-state index is 1.12. The molecule has 9 aromatic carbocycles. The van der Waals surface area contributed by atoms with Gasteiger partial charge in [-0.1, -0.05) is 146 Å². The van der Waals surface area contributed by atoms with E-state index in [0.717, 1.165) is 17.1 Å². The van der Waals surface area contributed by atoms with Gasteiger partial charge in [-0.25, -0.2) is 0 Å². The summed E-state index contributed by atoms with van der Waals surface area (Å²) in [4.78, 5) is 2.50. The van der Waals surface area contributed by atoms with Crippen LogP contribution in [0.5, 0.6) is 0 Å². The second-order valence-corrected chi connectivity index (χ2v) is 14.7. The standard InChI is InChI=1S/C50H32N2S/c1-2-17-35(18-3-1)52-45-28-10-8-23-41(45)43-26-13-25-38(49(43)52)33-16-12-19-36(31-33)51(46-29-14-27-44-42-24-9-11-30-48(42)53-50(44)46)47-32-34-15-4-5-20-37(34)39-21-6-7-22-40(39)47/h1-32H. The summed E-state index contributed by atoms with van der Waals surface area (Å²) >= 11 is 1.87. The summed E-state index contributed by atoms with van der Waals surface area (Å²) in [6.07, 6.45) is 0. The van der Waals surface area contributed by atoms with Gasteiger partial charge in [0.05, 0.1) is 27.1 Å². The quantitative estimate of drug-likeness (QED) is 0.163. The van der Waals surface area contributed by atoms with Crippen LogP contribution in [0.3, 0.4) is 0 Å². The lowest BCUT2D eigenvalue weighted by molar-refractivity contribution is 1.18. The maximum atomic E-state index is 2.50. The van der Waals surface area contributed by atoms with Crippen molar-refractivity contribution < 1.29 is 0 Å². The van der Waals surface area contributed by atoms with Gasteiger partial charge < -0.3 is 9.47 Å². The predicted molar refractivity (Wildman–Crippen MR) is 229 cm³/mol. The summed E-state index contributed by atoms with van der Waals surface area (Å²) in [5, 5.41) is 10.1. The summed E-state index contributed by atoms with van der Waals surface area (Å²) in [6.45, 7) is 0. The van der Waals surface area contributed by atoms with Crippen LogP contribution in [0, 0.1) is 0 Å². The van der Waals surface area contributed by atoms with E-state index in [1.807, 2.05) is 11.3 Å². The highest BCUT2D eigenvalue weighted by molar-refractivity contribution is 7.26. The molecule has 0 N–H and O–H groups in total. The van der Waals surface area contributed by atoms with Crippen molar-refractivity contribution >= 4 is 91.9 Å². The number of hydrogen-bond donors (Lipinski definition) is 0. The molecule has 2 nitrogen and oxygen atoms in total. The van der Waals surface area contributed by atoms with Crippen LogP contribution in [0.25, 0.3) is 80.3 Å². The van der Waals surface area contributed by atoms with Gasteiger partial charge in [-0.2, -0.15) is 0 Å². The van der Waals surface area contributed by atoms with Gasteiger partial charge >= 0.3 is 0 Å². The van der Waals surface area contributed by atoms with Crippen molar-refractivity contribution in [3.63, 3.8) is 0 Å². The molecule has 0 amide bonds. The number of fused-ring (bicyclic) bond motifs is 9. The van der Waals surface area contributed by atoms with Crippen LogP contribution in [0.15, 0.2) is 194 Å². The minimum atomic E-state index is 1.12. The molecule has 0 unspecified atom stereocenters. The second-order valence-electron chi connectivity index (χ2n) is 13.7. The van der Waals surface area contributed by atoms with Crippen LogP contribution >= 0.6 is 11.3 Å². The lowest BCUT2D eigenvalue weighted by atomic mass is 9.98. The van der Waals surface area contributed by atoms with Crippen molar-refractivity contribution in [2.75, 3.05) is 4.90 Å². The van der Waals surface area contributed by atoms with E-state index in [-0.39, 0.29) is 0 Å². The lowest BCUT2D eigenvalue weighted by Crippen LogP contribution is -2.11. The van der Waals surface area contributed by atoms with Crippen molar-refractivity contribution in [2.24, 2.45) is 0 Å². The molecule has 0 saturated carbocycles. The normalized spacial score (nSPS) is 11.8. The summed E-state index contributed by atoms with van der Waals surface area (Å²) < 4.78 is 5.01. The lowest BCUT2D eigenvalue weighted by Gasteiger charge is -2.28. The fourth-order valence-electron chi connectivity index (χ4n) is 8.45. The monoisotopic (exact) mass is 692 g/mol. The molecule has 0 radical (unpaired) electrons. The van der Waals surface area contributed by atoms with E-state index in [2.05, 4.69) is 204 Å². The fourth-order valence-corrected chi connectivity index (χ4v) is 9.65. The molecule has 53 heavy (non-hydrogen) atoms. The highest BCUT2D eigenvalue weighted by Gasteiger charge is 2.22. The Morgan fingerprint density at radius 1 is 0.415 bits per heavy atom. The molecular formula is C50H32N2S. The number of benzene rings is 9. The first-order valence-corrected chi connectivity index (χ1v) is 18.9. The van der Waals surface area contributed by atoms with E-state index in [1.54, 1.807) is 0 Å². The molecule has 0 aliphatic heterocycles. The third kappa shape index (κ3) is 4.64. The largest absolute Gasteiger partial charge is 0.309 e. The molecule has 0 spiro atoms. The zero-order valence-electron chi connectivity index (χ0n) is 28.8. The third-order valence-electron chi connectivity index (χ3n) is 10.7. The van der Waals surface area contributed by atoms with Gasteiger partial charge in [0.2, 0.25) is 0 Å². The number of thiophene rings is 1. The summed E-state index contributed by atoms with van der Waals surface area (Å²) in [5.41, 5.74) is 9.41. The van der Waals surface area contributed by atoms with Gasteiger partial charge in [-0.3, -0.25) is 0 Å². The van der Waals surface area contributed by atoms with Crippen molar-refractivity contribution in [2.45, 2.75) is 0 Å². The van der Waals surface area contributed by atoms with Crippen LogP contribution in [0.4, 0.5) is 17.1 Å². The average molecular weight is 693 g/mol. The Morgan fingerprint density at radius 2 is 1.08 bits per heavy atom. The number of rotatable bonds is 5. The maximum Gasteiger partial charge on any atom is 0.0640 e. The first-order chi connectivity index (χ1) is 26.3. The van der Waals surface area contributed by atoms with Crippen molar-refractivity contribution in [3.8, 4) is 16.8 Å². The number of anilines is 3. The molecule has 0 atom stereocenters. The Kier molecular flexibility index (Phi) is 6.76. The molecule has 0 bridgehead atoms. The number of aromatic nitrogens is 1. The van der Waals surface area contributed by atoms with Gasteiger partial charge in [0.15, 0.2) is 0 Å². The molecule has 0 aliphatic rings.